The summed E-state index contributed by atoms with van der Waals surface area (Å²) in [5, 5.41) is 3.38. The van der Waals surface area contributed by atoms with Crippen LogP contribution in [0.5, 0.6) is 0 Å². The van der Waals surface area contributed by atoms with Crippen LogP contribution in [-0.4, -0.2) is 53.4 Å². The normalized spacial score (nSPS) is 16.1. The Morgan fingerprint density at radius 2 is 1.93 bits per heavy atom. The van der Waals surface area contributed by atoms with E-state index in [1.807, 2.05) is 24.3 Å². The van der Waals surface area contributed by atoms with Crippen molar-refractivity contribution in [1.82, 2.24) is 15.2 Å². The summed E-state index contributed by atoms with van der Waals surface area (Å²) in [5.74, 6) is -0.383. The first-order valence-electron chi connectivity index (χ1n) is 8.86. The van der Waals surface area contributed by atoms with Crippen molar-refractivity contribution >= 4 is 29.1 Å². The number of amides is 2. The maximum atomic E-state index is 12.6. The van der Waals surface area contributed by atoms with Crippen LogP contribution < -0.4 is 10.2 Å². The first kappa shape index (κ1) is 19.2. The molecule has 0 radical (unpaired) electrons. The van der Waals surface area contributed by atoms with E-state index in [4.69, 9.17) is 11.6 Å². The van der Waals surface area contributed by atoms with Crippen LogP contribution in [-0.2, 0) is 4.79 Å². The molecule has 0 unspecified atom stereocenters. The molecular weight excluding hydrogens is 364 g/mol. The van der Waals surface area contributed by atoms with E-state index in [2.05, 4.69) is 29.0 Å². The molecule has 2 aromatic rings. The fraction of sp³-hybridized carbons (Fsp3) is 0.350. The second-order valence-electron chi connectivity index (χ2n) is 7.18. The highest BCUT2D eigenvalue weighted by Gasteiger charge is 2.35. The molecule has 1 N–H and O–H groups in total. The monoisotopic (exact) mass is 386 g/mol. The van der Waals surface area contributed by atoms with Crippen molar-refractivity contribution in [2.45, 2.75) is 19.4 Å². The zero-order valence-electron chi connectivity index (χ0n) is 15.5. The van der Waals surface area contributed by atoms with Crippen molar-refractivity contribution in [3.05, 3.63) is 59.4 Å². The molecule has 27 heavy (non-hydrogen) atoms. The van der Waals surface area contributed by atoms with E-state index >= 15 is 0 Å². The lowest BCUT2D eigenvalue weighted by Crippen LogP contribution is -2.61. The van der Waals surface area contributed by atoms with E-state index in [0.29, 0.717) is 23.7 Å². The summed E-state index contributed by atoms with van der Waals surface area (Å²) in [6.45, 7) is 6.09. The summed E-state index contributed by atoms with van der Waals surface area (Å²) < 4.78 is 0. The number of piperazine rings is 1. The van der Waals surface area contributed by atoms with Gasteiger partial charge in [-0.1, -0.05) is 11.6 Å². The highest BCUT2D eigenvalue weighted by Crippen LogP contribution is 2.28. The van der Waals surface area contributed by atoms with Crippen LogP contribution in [0.25, 0.3) is 0 Å². The lowest BCUT2D eigenvalue weighted by Gasteiger charge is -2.48. The molecule has 2 heterocycles. The smallest absolute Gasteiger partial charge is 0.253 e. The van der Waals surface area contributed by atoms with E-state index in [0.717, 1.165) is 12.2 Å². The molecule has 7 heteroatoms. The molecule has 0 bridgehead atoms. The van der Waals surface area contributed by atoms with Gasteiger partial charge in [-0.2, -0.15) is 0 Å². The van der Waals surface area contributed by atoms with Crippen LogP contribution in [0.3, 0.4) is 0 Å². The number of carbonyl (C=O) groups is 2. The Morgan fingerprint density at radius 1 is 1.19 bits per heavy atom. The van der Waals surface area contributed by atoms with Gasteiger partial charge in [0.05, 0.1) is 17.6 Å². The summed E-state index contributed by atoms with van der Waals surface area (Å²) >= 11 is 5.98. The van der Waals surface area contributed by atoms with Gasteiger partial charge in [-0.15, -0.1) is 0 Å². The Balaban J connectivity index is 1.58. The van der Waals surface area contributed by atoms with Crippen LogP contribution in [0.4, 0.5) is 5.69 Å². The fourth-order valence-electron chi connectivity index (χ4n) is 3.33. The molecule has 142 valence electrons. The third-order valence-corrected chi connectivity index (χ3v) is 4.97. The molecule has 1 aliphatic rings. The van der Waals surface area contributed by atoms with E-state index in [1.54, 1.807) is 23.2 Å². The van der Waals surface area contributed by atoms with Gasteiger partial charge in [0.25, 0.3) is 5.91 Å². The second kappa shape index (κ2) is 7.96. The number of anilines is 1. The molecule has 1 aromatic heterocycles. The number of rotatable bonds is 4. The van der Waals surface area contributed by atoms with E-state index in [9.17, 15) is 9.59 Å². The predicted molar refractivity (Wildman–Crippen MR) is 106 cm³/mol. The van der Waals surface area contributed by atoms with Crippen LogP contribution in [0.1, 0.15) is 24.2 Å². The Labute approximate surface area is 164 Å². The van der Waals surface area contributed by atoms with Crippen molar-refractivity contribution in [3.63, 3.8) is 0 Å². The molecule has 1 saturated heterocycles. The summed E-state index contributed by atoms with van der Waals surface area (Å²) in [4.78, 5) is 32.6. The summed E-state index contributed by atoms with van der Waals surface area (Å²) in [6, 6.07) is 11.1. The number of halogens is 1. The van der Waals surface area contributed by atoms with Gasteiger partial charge in [0, 0.05) is 42.7 Å². The first-order chi connectivity index (χ1) is 12.9. The molecule has 0 aliphatic carbocycles. The quantitative estimate of drug-likeness (QED) is 0.877. The minimum absolute atomic E-state index is 0.0231. The van der Waals surface area contributed by atoms with Crippen molar-refractivity contribution < 1.29 is 9.59 Å². The lowest BCUT2D eigenvalue weighted by atomic mass is 9.97. The number of hydrogen-bond acceptors (Lipinski definition) is 4. The largest absolute Gasteiger partial charge is 0.363 e. The van der Waals surface area contributed by atoms with Crippen molar-refractivity contribution in [1.29, 1.82) is 0 Å². The average molecular weight is 387 g/mol. The zero-order chi connectivity index (χ0) is 19.4. The highest BCUT2D eigenvalue weighted by molar-refractivity contribution is 6.30. The molecule has 3 rings (SSSR count). The maximum Gasteiger partial charge on any atom is 0.253 e. The highest BCUT2D eigenvalue weighted by atomic mass is 35.5. The molecule has 1 aliphatic heterocycles. The topological polar surface area (TPSA) is 65.5 Å². The van der Waals surface area contributed by atoms with Gasteiger partial charge in [0.1, 0.15) is 0 Å². The minimum Gasteiger partial charge on any atom is -0.363 e. The van der Waals surface area contributed by atoms with Crippen LogP contribution in [0.2, 0.25) is 5.02 Å². The Bertz CT molecular complexity index is 808. The third kappa shape index (κ3) is 4.57. The fourth-order valence-corrected chi connectivity index (χ4v) is 3.46. The molecule has 1 aromatic carbocycles. The molecule has 1 fully saturated rings. The number of aromatic nitrogens is 1. The van der Waals surface area contributed by atoms with Crippen molar-refractivity contribution in [2.24, 2.45) is 0 Å². The summed E-state index contributed by atoms with van der Waals surface area (Å²) in [7, 11) is 0. The van der Waals surface area contributed by atoms with Gasteiger partial charge >= 0.3 is 0 Å². The van der Waals surface area contributed by atoms with Gasteiger partial charge in [-0.25, -0.2) is 0 Å². The number of pyridine rings is 1. The summed E-state index contributed by atoms with van der Waals surface area (Å²) in [5.41, 5.74) is 1.30. The molecule has 6 nitrogen and oxygen atoms in total. The van der Waals surface area contributed by atoms with Crippen molar-refractivity contribution in [3.8, 4) is 0 Å². The predicted octanol–water partition coefficient (Wildman–Crippen LogP) is 2.59. The SMILES string of the molecule is CC1(C)CN(C(=O)CNC(=O)c2cccnc2)CCN1c1ccc(Cl)cc1. The Kier molecular flexibility index (Phi) is 5.65. The number of nitrogens with zero attached hydrogens (tertiary/aromatic N) is 3. The lowest BCUT2D eigenvalue weighted by molar-refractivity contribution is -0.131. The number of benzene rings is 1. The maximum absolute atomic E-state index is 12.6. The van der Waals surface area contributed by atoms with Gasteiger partial charge < -0.3 is 15.1 Å². The Morgan fingerprint density at radius 3 is 2.56 bits per heavy atom. The number of hydrogen-bond donors (Lipinski definition) is 1. The molecule has 0 atom stereocenters. The van der Waals surface area contributed by atoms with Gasteiger partial charge in [-0.3, -0.25) is 14.6 Å². The van der Waals surface area contributed by atoms with E-state index in [1.165, 1.54) is 6.20 Å². The average Bonchev–Trinajstić information content (AvgIpc) is 2.66. The van der Waals surface area contributed by atoms with Gasteiger partial charge in [0.2, 0.25) is 5.91 Å². The Hall–Kier alpha value is -2.60. The van der Waals surface area contributed by atoms with E-state index in [-0.39, 0.29) is 23.9 Å². The summed E-state index contributed by atoms with van der Waals surface area (Å²) in [6.07, 6.45) is 3.08. The number of carbonyl (C=O) groups excluding carboxylic acids is 2. The molecule has 2 amide bonds. The zero-order valence-corrected chi connectivity index (χ0v) is 16.2. The third-order valence-electron chi connectivity index (χ3n) is 4.72. The van der Waals surface area contributed by atoms with Crippen LogP contribution in [0, 0.1) is 0 Å². The van der Waals surface area contributed by atoms with Gasteiger partial charge in [0.15, 0.2) is 0 Å². The standard InChI is InChI=1S/C20H23ClN4O2/c1-20(2)14-24(10-11-25(20)17-7-5-16(21)6-8-17)18(26)13-23-19(27)15-4-3-9-22-12-15/h3-9,12H,10-11,13-14H2,1-2H3,(H,23,27). The van der Waals surface area contributed by atoms with Gasteiger partial charge in [-0.05, 0) is 50.2 Å². The van der Waals surface area contributed by atoms with Crippen LogP contribution >= 0.6 is 11.6 Å². The minimum atomic E-state index is -0.296. The van der Waals surface area contributed by atoms with Crippen LogP contribution in [0.15, 0.2) is 48.8 Å². The molecule has 0 spiro atoms. The second-order valence-corrected chi connectivity index (χ2v) is 7.62. The number of nitrogens with one attached hydrogen (secondary N) is 1. The first-order valence-corrected chi connectivity index (χ1v) is 9.24. The molecular formula is C20H23ClN4O2. The van der Waals surface area contributed by atoms with Crippen molar-refractivity contribution in [2.75, 3.05) is 31.1 Å². The van der Waals surface area contributed by atoms with E-state index < -0.39 is 0 Å². The molecule has 0 saturated carbocycles.